The minimum atomic E-state index is -0.569. The summed E-state index contributed by atoms with van der Waals surface area (Å²) in [5.41, 5.74) is 2.35. The maximum atomic E-state index is 12.0. The number of carbonyl (C=O) groups excluding carboxylic acids is 2. The van der Waals surface area contributed by atoms with Gasteiger partial charge in [-0.2, -0.15) is 0 Å². The van der Waals surface area contributed by atoms with Crippen molar-refractivity contribution >= 4 is 23.6 Å². The molecule has 0 bridgehead atoms. The summed E-state index contributed by atoms with van der Waals surface area (Å²) in [4.78, 5) is 27.8. The lowest BCUT2D eigenvalue weighted by atomic mass is 9.96. The van der Waals surface area contributed by atoms with Crippen LogP contribution in [0.1, 0.15) is 24.0 Å². The van der Waals surface area contributed by atoms with Gasteiger partial charge in [0.15, 0.2) is 0 Å². The molecule has 2 N–H and O–H groups in total. The zero-order valence-corrected chi connectivity index (χ0v) is 17.7. The highest BCUT2D eigenvalue weighted by molar-refractivity contribution is 7.98. The topological polar surface area (TPSA) is 61.4 Å². The van der Waals surface area contributed by atoms with Gasteiger partial charge in [0, 0.05) is 24.5 Å². The van der Waals surface area contributed by atoms with Crippen LogP contribution in [0, 0.1) is 5.92 Å². The smallest absolute Gasteiger partial charge is 0.309 e. The first kappa shape index (κ1) is 21.4. The molecule has 5 nitrogen and oxygen atoms in total. The van der Waals surface area contributed by atoms with E-state index in [9.17, 15) is 9.59 Å². The summed E-state index contributed by atoms with van der Waals surface area (Å²) >= 11 is 1.79. The van der Waals surface area contributed by atoms with Crippen molar-refractivity contribution in [3.63, 3.8) is 0 Å². The Morgan fingerprint density at radius 1 is 0.966 bits per heavy atom. The average molecular weight is 412 g/mol. The first-order valence-electron chi connectivity index (χ1n) is 10.1. The summed E-state index contributed by atoms with van der Waals surface area (Å²) < 4.78 is 0. The van der Waals surface area contributed by atoms with E-state index in [-0.39, 0.29) is 0 Å². The molecular weight excluding hydrogens is 382 g/mol. The molecule has 2 aromatic rings. The number of nitrogens with one attached hydrogen (secondary N) is 2. The Hall–Kier alpha value is -2.31. The predicted molar refractivity (Wildman–Crippen MR) is 118 cm³/mol. The van der Waals surface area contributed by atoms with E-state index in [1.807, 2.05) is 30.3 Å². The summed E-state index contributed by atoms with van der Waals surface area (Å²) in [5, 5.41) is 5.47. The third kappa shape index (κ3) is 6.61. The second-order valence-electron chi connectivity index (χ2n) is 7.41. The lowest BCUT2D eigenvalue weighted by Crippen LogP contribution is -2.43. The Morgan fingerprint density at radius 2 is 1.62 bits per heavy atom. The van der Waals surface area contributed by atoms with Crippen LogP contribution >= 0.6 is 11.8 Å². The van der Waals surface area contributed by atoms with Crippen molar-refractivity contribution in [2.75, 3.05) is 25.9 Å². The van der Waals surface area contributed by atoms with Crippen molar-refractivity contribution in [2.45, 2.75) is 30.8 Å². The molecule has 0 saturated carbocycles. The van der Waals surface area contributed by atoms with Crippen LogP contribution in [0.2, 0.25) is 0 Å². The fourth-order valence-corrected chi connectivity index (χ4v) is 4.21. The van der Waals surface area contributed by atoms with E-state index in [1.165, 1.54) is 10.5 Å². The molecule has 2 amide bonds. The molecule has 0 spiro atoms. The minimum absolute atomic E-state index is 0.364. The Balaban J connectivity index is 1.36. The molecular formula is C23H29N3O2S. The van der Waals surface area contributed by atoms with E-state index in [2.05, 4.69) is 46.1 Å². The fourth-order valence-electron chi connectivity index (χ4n) is 3.60. The zero-order valence-electron chi connectivity index (χ0n) is 16.9. The van der Waals surface area contributed by atoms with Gasteiger partial charge in [0.1, 0.15) is 0 Å². The van der Waals surface area contributed by atoms with Gasteiger partial charge >= 0.3 is 11.8 Å². The summed E-state index contributed by atoms with van der Waals surface area (Å²) in [6.07, 6.45) is 4.18. The number of thioether (sulfide) groups is 1. The molecule has 154 valence electrons. The summed E-state index contributed by atoms with van der Waals surface area (Å²) in [7, 11) is 0. The standard InChI is InChI=1S/C23H29N3O2S/c1-29-21-10-6-5-9-20(21)17-26-13-11-19(12-14-26)16-25-23(28)22(27)24-15-18-7-3-2-4-8-18/h2-10,19H,11-17H2,1H3,(H,24,27)(H,25,28). The van der Waals surface area contributed by atoms with Crippen molar-refractivity contribution in [1.29, 1.82) is 0 Å². The highest BCUT2D eigenvalue weighted by Gasteiger charge is 2.21. The van der Waals surface area contributed by atoms with Gasteiger partial charge in [-0.15, -0.1) is 11.8 Å². The molecule has 3 rings (SSSR count). The van der Waals surface area contributed by atoms with Crippen LogP contribution in [0.25, 0.3) is 0 Å². The maximum absolute atomic E-state index is 12.0. The van der Waals surface area contributed by atoms with Crippen LogP contribution in [-0.2, 0) is 22.7 Å². The summed E-state index contributed by atoms with van der Waals surface area (Å²) in [6, 6.07) is 18.1. The molecule has 2 aromatic carbocycles. The lowest BCUT2D eigenvalue weighted by Gasteiger charge is -2.32. The van der Waals surface area contributed by atoms with Crippen molar-refractivity contribution in [3.05, 3.63) is 65.7 Å². The number of hydrogen-bond acceptors (Lipinski definition) is 4. The van der Waals surface area contributed by atoms with Crippen molar-refractivity contribution in [2.24, 2.45) is 5.92 Å². The molecule has 29 heavy (non-hydrogen) atoms. The lowest BCUT2D eigenvalue weighted by molar-refractivity contribution is -0.139. The number of piperidine rings is 1. The monoisotopic (exact) mass is 411 g/mol. The van der Waals surface area contributed by atoms with Gasteiger partial charge < -0.3 is 10.6 Å². The molecule has 1 saturated heterocycles. The maximum Gasteiger partial charge on any atom is 0.309 e. The number of hydrogen-bond donors (Lipinski definition) is 2. The molecule has 0 radical (unpaired) electrons. The predicted octanol–water partition coefficient (Wildman–Crippen LogP) is 3.05. The van der Waals surface area contributed by atoms with Gasteiger partial charge in [-0.3, -0.25) is 14.5 Å². The van der Waals surface area contributed by atoms with Gasteiger partial charge in [-0.1, -0.05) is 48.5 Å². The van der Waals surface area contributed by atoms with E-state index in [0.717, 1.165) is 38.0 Å². The van der Waals surface area contributed by atoms with E-state index in [1.54, 1.807) is 11.8 Å². The number of nitrogens with zero attached hydrogens (tertiary/aromatic N) is 1. The zero-order chi connectivity index (χ0) is 20.5. The van der Waals surface area contributed by atoms with E-state index < -0.39 is 11.8 Å². The van der Waals surface area contributed by atoms with E-state index >= 15 is 0 Å². The average Bonchev–Trinajstić information content (AvgIpc) is 2.77. The molecule has 6 heteroatoms. The Kier molecular flexibility index (Phi) is 8.14. The Morgan fingerprint density at radius 3 is 2.34 bits per heavy atom. The third-order valence-electron chi connectivity index (χ3n) is 5.35. The minimum Gasteiger partial charge on any atom is -0.348 e. The first-order chi connectivity index (χ1) is 14.2. The third-order valence-corrected chi connectivity index (χ3v) is 6.19. The van der Waals surface area contributed by atoms with Crippen molar-refractivity contribution < 1.29 is 9.59 Å². The number of benzene rings is 2. The fraction of sp³-hybridized carbons (Fsp3) is 0.391. The number of rotatable bonds is 7. The number of amides is 2. The van der Waals surface area contributed by atoms with Crippen LogP contribution in [0.5, 0.6) is 0 Å². The molecule has 0 aliphatic carbocycles. The van der Waals surface area contributed by atoms with Crippen molar-refractivity contribution in [3.8, 4) is 0 Å². The first-order valence-corrected chi connectivity index (χ1v) is 11.3. The molecule has 1 aliphatic rings. The second-order valence-corrected chi connectivity index (χ2v) is 8.26. The van der Waals surface area contributed by atoms with Gasteiger partial charge in [-0.05, 0) is 55.3 Å². The Labute approximate surface area is 177 Å². The summed E-state index contributed by atoms with van der Waals surface area (Å²) in [6.45, 7) is 3.93. The second kappa shape index (κ2) is 11.0. The number of carbonyl (C=O) groups is 2. The molecule has 1 aliphatic heterocycles. The SMILES string of the molecule is CSc1ccccc1CN1CCC(CNC(=O)C(=O)NCc2ccccc2)CC1. The van der Waals surface area contributed by atoms with E-state index in [0.29, 0.717) is 19.0 Å². The molecule has 1 heterocycles. The quantitative estimate of drug-likeness (QED) is 0.543. The van der Waals surface area contributed by atoms with Crippen molar-refractivity contribution in [1.82, 2.24) is 15.5 Å². The van der Waals surface area contributed by atoms with Crippen LogP contribution < -0.4 is 10.6 Å². The van der Waals surface area contributed by atoms with Crippen LogP contribution in [-0.4, -0.2) is 42.6 Å². The van der Waals surface area contributed by atoms with Gasteiger partial charge in [0.05, 0.1) is 0 Å². The normalized spacial score (nSPS) is 15.1. The highest BCUT2D eigenvalue weighted by Crippen LogP contribution is 2.24. The van der Waals surface area contributed by atoms with Crippen LogP contribution in [0.3, 0.4) is 0 Å². The molecule has 0 atom stereocenters. The largest absolute Gasteiger partial charge is 0.348 e. The number of likely N-dealkylation sites (tertiary alicyclic amines) is 1. The van der Waals surface area contributed by atoms with Gasteiger partial charge in [-0.25, -0.2) is 0 Å². The van der Waals surface area contributed by atoms with Gasteiger partial charge in [0.25, 0.3) is 0 Å². The Bertz CT molecular complexity index is 805. The molecule has 0 unspecified atom stereocenters. The van der Waals surface area contributed by atoms with Gasteiger partial charge in [0.2, 0.25) is 0 Å². The van der Waals surface area contributed by atoms with Crippen LogP contribution in [0.15, 0.2) is 59.5 Å². The summed E-state index contributed by atoms with van der Waals surface area (Å²) in [5.74, 6) is -0.690. The molecule has 1 fully saturated rings. The van der Waals surface area contributed by atoms with Crippen LogP contribution in [0.4, 0.5) is 0 Å². The van der Waals surface area contributed by atoms with E-state index in [4.69, 9.17) is 0 Å². The molecule has 0 aromatic heterocycles. The highest BCUT2D eigenvalue weighted by atomic mass is 32.2.